The van der Waals surface area contributed by atoms with E-state index < -0.39 is 5.82 Å². The van der Waals surface area contributed by atoms with Gasteiger partial charge in [0.15, 0.2) is 0 Å². The van der Waals surface area contributed by atoms with E-state index in [-0.39, 0.29) is 5.15 Å². The monoisotopic (exact) mass is 367 g/mol. The first-order valence-electron chi connectivity index (χ1n) is 4.89. The Balaban J connectivity index is 2.69. The lowest BCUT2D eigenvalue weighted by Crippen LogP contribution is -1.93. The minimum absolute atomic E-state index is 0.264. The van der Waals surface area contributed by atoms with Gasteiger partial charge in [-0.1, -0.05) is 50.7 Å². The van der Waals surface area contributed by atoms with Crippen molar-refractivity contribution in [3.05, 3.63) is 51.0 Å². The van der Waals surface area contributed by atoms with Gasteiger partial charge in [0.25, 0.3) is 0 Å². The summed E-state index contributed by atoms with van der Waals surface area (Å²) in [6, 6.07) is 5.83. The molecule has 6 heteroatoms. The summed E-state index contributed by atoms with van der Waals surface area (Å²) in [4.78, 5) is 3.96. The minimum atomic E-state index is -0.393. The zero-order valence-corrected chi connectivity index (χ0v) is 12.7. The van der Waals surface area contributed by atoms with Crippen LogP contribution in [0, 0.1) is 5.82 Å². The highest BCUT2D eigenvalue weighted by Crippen LogP contribution is 2.36. The molecule has 0 atom stereocenters. The molecular formula is C12H6BrCl3FN. The SMILES string of the molecule is Fc1ccc(-c2cc(Cl)nc(Cl)c2CBr)c(Cl)c1. The highest BCUT2D eigenvalue weighted by atomic mass is 79.9. The fourth-order valence-electron chi connectivity index (χ4n) is 1.59. The third-order valence-electron chi connectivity index (χ3n) is 2.40. The molecule has 1 heterocycles. The standard InChI is InChI=1S/C12H6BrCl3FN/c13-5-9-8(4-11(15)18-12(9)16)7-2-1-6(17)3-10(7)14/h1-4H,5H2. The number of hydrogen-bond donors (Lipinski definition) is 0. The Hall–Kier alpha value is -0.350. The van der Waals surface area contributed by atoms with E-state index in [9.17, 15) is 4.39 Å². The Kier molecular flexibility index (Phi) is 4.49. The van der Waals surface area contributed by atoms with Gasteiger partial charge in [-0.25, -0.2) is 9.37 Å². The average molecular weight is 369 g/mol. The van der Waals surface area contributed by atoms with Crippen molar-refractivity contribution >= 4 is 50.7 Å². The summed E-state index contributed by atoms with van der Waals surface area (Å²) in [6.45, 7) is 0. The van der Waals surface area contributed by atoms with Crippen LogP contribution in [0.1, 0.15) is 5.56 Å². The highest BCUT2D eigenvalue weighted by molar-refractivity contribution is 9.08. The minimum Gasteiger partial charge on any atom is -0.224 e. The zero-order valence-electron chi connectivity index (χ0n) is 8.85. The summed E-state index contributed by atoms with van der Waals surface area (Å²) < 4.78 is 13.0. The number of pyridine rings is 1. The van der Waals surface area contributed by atoms with Crippen LogP contribution in [0.5, 0.6) is 0 Å². The van der Waals surface area contributed by atoms with Crippen molar-refractivity contribution in [1.82, 2.24) is 4.98 Å². The lowest BCUT2D eigenvalue weighted by atomic mass is 10.0. The molecule has 1 nitrogen and oxygen atoms in total. The van der Waals surface area contributed by atoms with E-state index in [0.29, 0.717) is 21.1 Å². The third kappa shape index (κ3) is 2.80. The van der Waals surface area contributed by atoms with Gasteiger partial charge in [-0.15, -0.1) is 0 Å². The van der Waals surface area contributed by atoms with Crippen LogP contribution < -0.4 is 0 Å². The normalized spacial score (nSPS) is 10.7. The maximum absolute atomic E-state index is 13.0. The number of nitrogens with zero attached hydrogens (tertiary/aromatic N) is 1. The van der Waals surface area contributed by atoms with E-state index in [1.165, 1.54) is 12.1 Å². The van der Waals surface area contributed by atoms with E-state index in [0.717, 1.165) is 11.1 Å². The zero-order chi connectivity index (χ0) is 13.3. The summed E-state index contributed by atoms with van der Waals surface area (Å²) in [5.41, 5.74) is 2.16. The molecule has 2 rings (SSSR count). The first kappa shape index (κ1) is 14.1. The van der Waals surface area contributed by atoms with E-state index >= 15 is 0 Å². The van der Waals surface area contributed by atoms with E-state index in [2.05, 4.69) is 20.9 Å². The molecule has 1 aromatic heterocycles. The number of hydrogen-bond acceptors (Lipinski definition) is 1. The van der Waals surface area contributed by atoms with Gasteiger partial charge in [0, 0.05) is 16.5 Å². The van der Waals surface area contributed by atoms with Crippen LogP contribution >= 0.6 is 50.7 Å². The maximum Gasteiger partial charge on any atom is 0.135 e. The lowest BCUT2D eigenvalue weighted by molar-refractivity contribution is 0.628. The first-order chi connectivity index (χ1) is 8.52. The second kappa shape index (κ2) is 5.74. The molecule has 94 valence electrons. The predicted molar refractivity (Wildman–Crippen MR) is 77.3 cm³/mol. The molecule has 0 fully saturated rings. The number of benzene rings is 1. The first-order valence-corrected chi connectivity index (χ1v) is 7.14. The number of aromatic nitrogens is 1. The molecule has 0 amide bonds. The molecule has 2 aromatic rings. The van der Waals surface area contributed by atoms with Gasteiger partial charge in [-0.05, 0) is 29.8 Å². The van der Waals surface area contributed by atoms with Crippen LogP contribution in [0.3, 0.4) is 0 Å². The molecule has 0 spiro atoms. The fraction of sp³-hybridized carbons (Fsp3) is 0.0833. The summed E-state index contributed by atoms with van der Waals surface area (Å²) in [5.74, 6) is -0.393. The van der Waals surface area contributed by atoms with Gasteiger partial charge in [-0.3, -0.25) is 0 Å². The maximum atomic E-state index is 13.0. The average Bonchev–Trinajstić information content (AvgIpc) is 2.28. The van der Waals surface area contributed by atoms with Gasteiger partial charge < -0.3 is 0 Å². The van der Waals surface area contributed by atoms with Crippen LogP contribution in [-0.4, -0.2) is 4.98 Å². The second-order valence-electron chi connectivity index (χ2n) is 3.52. The summed E-state index contributed by atoms with van der Waals surface area (Å²) >= 11 is 21.3. The van der Waals surface area contributed by atoms with Gasteiger partial charge in [-0.2, -0.15) is 0 Å². The largest absolute Gasteiger partial charge is 0.224 e. The highest BCUT2D eigenvalue weighted by Gasteiger charge is 2.14. The van der Waals surface area contributed by atoms with Crippen LogP contribution in [0.4, 0.5) is 4.39 Å². The fourth-order valence-corrected chi connectivity index (χ4v) is 3.08. The molecule has 0 radical (unpaired) electrons. The van der Waals surface area contributed by atoms with E-state index in [4.69, 9.17) is 34.8 Å². The van der Waals surface area contributed by atoms with Crippen molar-refractivity contribution in [2.24, 2.45) is 0 Å². The van der Waals surface area contributed by atoms with Crippen molar-refractivity contribution in [3.8, 4) is 11.1 Å². The van der Waals surface area contributed by atoms with E-state index in [1.54, 1.807) is 12.1 Å². The Bertz CT molecular complexity index is 604. The topological polar surface area (TPSA) is 12.9 Å². The van der Waals surface area contributed by atoms with Gasteiger partial charge in [0.1, 0.15) is 16.1 Å². The molecule has 0 N–H and O–H groups in total. The smallest absolute Gasteiger partial charge is 0.135 e. The summed E-state index contributed by atoms with van der Waals surface area (Å²) in [7, 11) is 0. The summed E-state index contributed by atoms with van der Waals surface area (Å²) in [6.07, 6.45) is 0. The van der Waals surface area contributed by atoms with Crippen molar-refractivity contribution < 1.29 is 4.39 Å². The van der Waals surface area contributed by atoms with Gasteiger partial charge >= 0.3 is 0 Å². The van der Waals surface area contributed by atoms with E-state index in [1.807, 2.05) is 0 Å². The second-order valence-corrected chi connectivity index (χ2v) is 5.23. The van der Waals surface area contributed by atoms with Crippen molar-refractivity contribution in [2.45, 2.75) is 5.33 Å². The molecule has 0 aliphatic rings. The molecule has 0 unspecified atom stereocenters. The Labute approximate surface area is 127 Å². The van der Waals surface area contributed by atoms with Crippen molar-refractivity contribution in [3.63, 3.8) is 0 Å². The van der Waals surface area contributed by atoms with Gasteiger partial charge in [0.2, 0.25) is 0 Å². The Morgan fingerprint density at radius 3 is 2.44 bits per heavy atom. The summed E-state index contributed by atoms with van der Waals surface area (Å²) in [5, 5.41) is 1.37. The molecule has 0 saturated heterocycles. The van der Waals surface area contributed by atoms with Crippen molar-refractivity contribution in [1.29, 1.82) is 0 Å². The number of halogens is 5. The molecule has 0 aliphatic carbocycles. The third-order valence-corrected chi connectivity index (χ3v) is 3.78. The molecule has 0 bridgehead atoms. The molecular weight excluding hydrogens is 363 g/mol. The van der Waals surface area contributed by atoms with Crippen LogP contribution in [-0.2, 0) is 5.33 Å². The number of rotatable bonds is 2. The predicted octanol–water partition coefficient (Wildman–Crippen LogP) is 5.74. The number of alkyl halides is 1. The lowest BCUT2D eigenvalue weighted by Gasteiger charge is -2.11. The molecule has 0 saturated carbocycles. The molecule has 18 heavy (non-hydrogen) atoms. The van der Waals surface area contributed by atoms with Crippen LogP contribution in [0.15, 0.2) is 24.3 Å². The molecule has 0 aliphatic heterocycles. The van der Waals surface area contributed by atoms with Crippen LogP contribution in [0.2, 0.25) is 15.3 Å². The molecule has 1 aromatic carbocycles. The van der Waals surface area contributed by atoms with Crippen LogP contribution in [0.25, 0.3) is 11.1 Å². The van der Waals surface area contributed by atoms with Gasteiger partial charge in [0.05, 0.1) is 5.02 Å². The Morgan fingerprint density at radius 2 is 1.83 bits per heavy atom. The Morgan fingerprint density at radius 1 is 1.11 bits per heavy atom. The quantitative estimate of drug-likeness (QED) is 0.486. The van der Waals surface area contributed by atoms with Crippen molar-refractivity contribution in [2.75, 3.05) is 0 Å².